The Bertz CT molecular complexity index is 663. The number of carbonyl (C=O) groups excluding carboxylic acids is 1. The molecule has 1 aromatic heterocycles. The van der Waals surface area contributed by atoms with E-state index in [1.807, 2.05) is 0 Å². The van der Waals surface area contributed by atoms with Crippen LogP contribution in [0.1, 0.15) is 15.9 Å². The summed E-state index contributed by atoms with van der Waals surface area (Å²) in [5.41, 5.74) is 1.07. The lowest BCUT2D eigenvalue weighted by Gasteiger charge is -2.18. The van der Waals surface area contributed by atoms with Crippen molar-refractivity contribution in [3.8, 4) is 0 Å². The molecule has 0 atom stereocenters. The number of halogens is 2. The van der Waals surface area contributed by atoms with Gasteiger partial charge in [0.2, 0.25) is 0 Å². The summed E-state index contributed by atoms with van der Waals surface area (Å²) in [5, 5.41) is 3.14. The van der Waals surface area contributed by atoms with Gasteiger partial charge in [-0.25, -0.2) is 9.37 Å². The average Bonchev–Trinajstić information content (AvgIpc) is 2.47. The van der Waals surface area contributed by atoms with Crippen LogP contribution in [0.15, 0.2) is 36.5 Å². The Kier molecular flexibility index (Phi) is 4.75. The van der Waals surface area contributed by atoms with Crippen LogP contribution in [-0.4, -0.2) is 29.9 Å². The van der Waals surface area contributed by atoms with Crippen LogP contribution in [0, 0.1) is 5.82 Å². The molecule has 0 aliphatic heterocycles. The van der Waals surface area contributed by atoms with Crippen LogP contribution in [-0.2, 0) is 6.54 Å². The van der Waals surface area contributed by atoms with E-state index in [2.05, 4.69) is 10.3 Å². The molecular weight excluding hydrogens is 293 g/mol. The Hall–Kier alpha value is -2.14. The van der Waals surface area contributed by atoms with Gasteiger partial charge < -0.3 is 10.2 Å². The van der Waals surface area contributed by atoms with Crippen LogP contribution in [0.2, 0.25) is 5.02 Å². The quantitative estimate of drug-likeness (QED) is 0.943. The number of benzene rings is 1. The minimum absolute atomic E-state index is 0.247. The van der Waals surface area contributed by atoms with Gasteiger partial charge in [-0.2, -0.15) is 0 Å². The van der Waals surface area contributed by atoms with Gasteiger partial charge in [-0.1, -0.05) is 23.7 Å². The number of carbonyl (C=O) groups is 1. The summed E-state index contributed by atoms with van der Waals surface area (Å²) in [7, 11) is 3.35. The summed E-state index contributed by atoms with van der Waals surface area (Å²) in [4.78, 5) is 17.9. The fourth-order valence-corrected chi connectivity index (χ4v) is 2.11. The van der Waals surface area contributed by atoms with E-state index in [4.69, 9.17) is 11.6 Å². The molecule has 1 heterocycles. The number of pyridine rings is 1. The maximum absolute atomic E-state index is 13.2. The highest BCUT2D eigenvalue weighted by Crippen LogP contribution is 2.20. The van der Waals surface area contributed by atoms with Crippen LogP contribution < -0.4 is 5.32 Å². The Balaban J connectivity index is 2.19. The molecule has 110 valence electrons. The number of aromatic nitrogens is 1. The third-order valence-electron chi connectivity index (χ3n) is 3.00. The van der Waals surface area contributed by atoms with E-state index < -0.39 is 0 Å². The van der Waals surface area contributed by atoms with E-state index in [-0.39, 0.29) is 16.7 Å². The van der Waals surface area contributed by atoms with Gasteiger partial charge in [0.05, 0.1) is 10.6 Å². The van der Waals surface area contributed by atoms with E-state index in [1.165, 1.54) is 23.2 Å². The van der Waals surface area contributed by atoms with Crippen molar-refractivity contribution in [2.45, 2.75) is 6.54 Å². The molecule has 0 radical (unpaired) electrons. The zero-order valence-electron chi connectivity index (χ0n) is 11.7. The zero-order valence-corrected chi connectivity index (χ0v) is 12.5. The fourth-order valence-electron chi connectivity index (χ4n) is 1.93. The molecule has 6 heteroatoms. The topological polar surface area (TPSA) is 45.2 Å². The second-order valence-electron chi connectivity index (χ2n) is 4.59. The molecule has 2 rings (SSSR count). The molecule has 2 aromatic rings. The molecule has 0 saturated heterocycles. The van der Waals surface area contributed by atoms with E-state index in [0.29, 0.717) is 23.5 Å². The van der Waals surface area contributed by atoms with Crippen molar-refractivity contribution in [2.75, 3.05) is 19.4 Å². The van der Waals surface area contributed by atoms with Crippen LogP contribution in [0.5, 0.6) is 0 Å². The van der Waals surface area contributed by atoms with Gasteiger partial charge >= 0.3 is 0 Å². The van der Waals surface area contributed by atoms with Crippen LogP contribution in [0.3, 0.4) is 0 Å². The molecule has 0 bridgehead atoms. The van der Waals surface area contributed by atoms with Crippen molar-refractivity contribution in [3.63, 3.8) is 0 Å². The zero-order chi connectivity index (χ0) is 15.4. The van der Waals surface area contributed by atoms with E-state index in [9.17, 15) is 9.18 Å². The summed E-state index contributed by atoms with van der Waals surface area (Å²) in [6.45, 7) is 0.296. The number of hydrogen-bond donors (Lipinski definition) is 1. The molecule has 0 aliphatic carbocycles. The smallest absolute Gasteiger partial charge is 0.255 e. The number of hydrogen-bond acceptors (Lipinski definition) is 3. The lowest BCUT2D eigenvalue weighted by atomic mass is 10.2. The second-order valence-corrected chi connectivity index (χ2v) is 5.00. The lowest BCUT2D eigenvalue weighted by Crippen LogP contribution is -2.26. The highest BCUT2D eigenvalue weighted by atomic mass is 35.5. The van der Waals surface area contributed by atoms with Crippen molar-refractivity contribution >= 4 is 23.3 Å². The molecule has 0 saturated carbocycles. The number of anilines is 1. The Morgan fingerprint density at radius 3 is 2.86 bits per heavy atom. The predicted molar refractivity (Wildman–Crippen MR) is 81.0 cm³/mol. The third-order valence-corrected chi connectivity index (χ3v) is 3.30. The average molecular weight is 308 g/mol. The first kappa shape index (κ1) is 15.3. The van der Waals surface area contributed by atoms with E-state index in [1.54, 1.807) is 32.3 Å². The molecule has 1 aromatic carbocycles. The van der Waals surface area contributed by atoms with Gasteiger partial charge in [0.15, 0.2) is 0 Å². The summed E-state index contributed by atoms with van der Waals surface area (Å²) in [5.74, 6) is -0.0159. The standard InChI is InChI=1S/C15H15ClFN3O/c1-18-14-7-12(13(16)8-19-14)15(21)20(2)9-10-4-3-5-11(17)6-10/h3-8H,9H2,1-2H3,(H,18,19). The van der Waals surface area contributed by atoms with E-state index in [0.717, 1.165) is 0 Å². The molecule has 1 N–H and O–H groups in total. The number of nitrogens with one attached hydrogen (secondary N) is 1. The monoisotopic (exact) mass is 307 g/mol. The minimum Gasteiger partial charge on any atom is -0.373 e. The molecule has 0 fully saturated rings. The predicted octanol–water partition coefficient (Wildman–Crippen LogP) is 3.19. The largest absolute Gasteiger partial charge is 0.373 e. The van der Waals surface area contributed by atoms with Gasteiger partial charge in [-0.3, -0.25) is 4.79 Å². The Morgan fingerprint density at radius 1 is 1.43 bits per heavy atom. The van der Waals surface area contributed by atoms with Gasteiger partial charge in [-0.05, 0) is 23.8 Å². The summed E-state index contributed by atoms with van der Waals surface area (Å²) in [6, 6.07) is 7.73. The fraction of sp³-hybridized carbons (Fsp3) is 0.200. The summed E-state index contributed by atoms with van der Waals surface area (Å²) in [6.07, 6.45) is 1.43. The summed E-state index contributed by atoms with van der Waals surface area (Å²) >= 11 is 6.02. The van der Waals surface area contributed by atoms with Crippen molar-refractivity contribution in [3.05, 3.63) is 58.5 Å². The summed E-state index contributed by atoms with van der Waals surface area (Å²) < 4.78 is 13.2. The lowest BCUT2D eigenvalue weighted by molar-refractivity contribution is 0.0785. The van der Waals surface area contributed by atoms with Gasteiger partial charge in [0.25, 0.3) is 5.91 Å². The SMILES string of the molecule is CNc1cc(C(=O)N(C)Cc2cccc(F)c2)c(Cl)cn1. The highest BCUT2D eigenvalue weighted by Gasteiger charge is 2.16. The molecule has 0 spiro atoms. The molecule has 4 nitrogen and oxygen atoms in total. The first-order chi connectivity index (χ1) is 10.0. The van der Waals surface area contributed by atoms with Crippen LogP contribution in [0.4, 0.5) is 10.2 Å². The number of rotatable bonds is 4. The molecule has 0 unspecified atom stereocenters. The third kappa shape index (κ3) is 3.70. The second kappa shape index (κ2) is 6.54. The van der Waals surface area contributed by atoms with Gasteiger partial charge in [-0.15, -0.1) is 0 Å². The molecule has 1 amide bonds. The molecule has 0 aliphatic rings. The van der Waals surface area contributed by atoms with Crippen LogP contribution in [0.25, 0.3) is 0 Å². The van der Waals surface area contributed by atoms with Crippen LogP contribution >= 0.6 is 11.6 Å². The minimum atomic E-state index is -0.326. The first-order valence-corrected chi connectivity index (χ1v) is 6.72. The maximum Gasteiger partial charge on any atom is 0.255 e. The van der Waals surface area contributed by atoms with Crippen molar-refractivity contribution in [1.29, 1.82) is 0 Å². The van der Waals surface area contributed by atoms with Gasteiger partial charge in [0, 0.05) is 26.8 Å². The highest BCUT2D eigenvalue weighted by molar-refractivity contribution is 6.33. The first-order valence-electron chi connectivity index (χ1n) is 6.34. The van der Waals surface area contributed by atoms with E-state index >= 15 is 0 Å². The van der Waals surface area contributed by atoms with Crippen molar-refractivity contribution < 1.29 is 9.18 Å². The Labute approximate surface area is 127 Å². The van der Waals surface area contributed by atoms with Gasteiger partial charge in [0.1, 0.15) is 11.6 Å². The number of amides is 1. The molecule has 21 heavy (non-hydrogen) atoms. The normalized spacial score (nSPS) is 10.3. The number of nitrogens with zero attached hydrogens (tertiary/aromatic N) is 2. The van der Waals surface area contributed by atoms with Crippen molar-refractivity contribution in [2.24, 2.45) is 0 Å². The molecular formula is C15H15ClFN3O. The maximum atomic E-state index is 13.2. The Morgan fingerprint density at radius 2 is 2.19 bits per heavy atom. The van der Waals surface area contributed by atoms with Crippen molar-refractivity contribution in [1.82, 2.24) is 9.88 Å².